The van der Waals surface area contributed by atoms with Crippen LogP contribution >= 0.6 is 0 Å². The molecule has 0 spiro atoms. The Kier molecular flexibility index (Phi) is 3.70. The van der Waals surface area contributed by atoms with E-state index >= 15 is 0 Å². The van der Waals surface area contributed by atoms with Crippen molar-refractivity contribution in [3.8, 4) is 0 Å². The number of carbonyl (C=O) groups is 1. The topological polar surface area (TPSA) is 63.1 Å². The molecule has 2 fully saturated rings. The third kappa shape index (κ3) is 2.74. The van der Waals surface area contributed by atoms with Crippen LogP contribution in [0.5, 0.6) is 0 Å². The fraction of sp³-hybridized carbons (Fsp3) is 0.471. The Bertz CT molecular complexity index is 770. The van der Waals surface area contributed by atoms with Gasteiger partial charge in [0, 0.05) is 19.3 Å². The molecule has 1 saturated heterocycles. The highest BCUT2D eigenvalue weighted by molar-refractivity contribution is 5.89. The molecule has 1 saturated carbocycles. The number of urea groups is 1. The molecule has 2 aliphatic rings. The van der Waals surface area contributed by atoms with Crippen molar-refractivity contribution >= 4 is 11.7 Å². The molecule has 1 aromatic heterocycles. The maximum absolute atomic E-state index is 13.8. The van der Waals surface area contributed by atoms with Crippen molar-refractivity contribution in [1.29, 1.82) is 0 Å². The van der Waals surface area contributed by atoms with E-state index in [1.165, 1.54) is 6.07 Å². The fourth-order valence-corrected chi connectivity index (χ4v) is 3.40. The van der Waals surface area contributed by atoms with E-state index in [1.807, 2.05) is 11.6 Å². The Morgan fingerprint density at radius 1 is 1.33 bits per heavy atom. The zero-order valence-electron chi connectivity index (χ0n) is 13.6. The van der Waals surface area contributed by atoms with Gasteiger partial charge in [-0.1, -0.05) is 0 Å². The van der Waals surface area contributed by atoms with Gasteiger partial charge in [-0.2, -0.15) is 0 Å². The van der Waals surface area contributed by atoms with Gasteiger partial charge in [-0.3, -0.25) is 0 Å². The van der Waals surface area contributed by atoms with Crippen LogP contribution in [0.15, 0.2) is 24.5 Å². The van der Waals surface area contributed by atoms with Gasteiger partial charge >= 0.3 is 6.03 Å². The molecule has 7 heteroatoms. The summed E-state index contributed by atoms with van der Waals surface area (Å²) in [6.45, 7) is 0.681. The lowest BCUT2D eigenvalue weighted by Crippen LogP contribution is -2.35. The zero-order chi connectivity index (χ0) is 16.7. The molecule has 2 amide bonds. The normalized spacial score (nSPS) is 20.4. The number of rotatable bonds is 3. The van der Waals surface area contributed by atoms with E-state index in [0.29, 0.717) is 23.7 Å². The first kappa shape index (κ1) is 15.1. The van der Waals surface area contributed by atoms with Crippen LogP contribution in [0.25, 0.3) is 0 Å². The lowest BCUT2D eigenvalue weighted by Gasteiger charge is -2.24. The molecule has 1 atom stereocenters. The van der Waals surface area contributed by atoms with Gasteiger partial charge in [0.15, 0.2) is 5.82 Å². The highest BCUT2D eigenvalue weighted by Gasteiger charge is 2.33. The predicted octanol–water partition coefficient (Wildman–Crippen LogP) is 3.20. The van der Waals surface area contributed by atoms with Crippen LogP contribution < -0.4 is 5.32 Å². The maximum atomic E-state index is 13.8. The van der Waals surface area contributed by atoms with Crippen LogP contribution in [0, 0.1) is 5.82 Å². The van der Waals surface area contributed by atoms with E-state index in [9.17, 15) is 9.18 Å². The fourth-order valence-electron chi connectivity index (χ4n) is 3.40. The van der Waals surface area contributed by atoms with Crippen LogP contribution in [0.1, 0.15) is 49.0 Å². The number of anilines is 1. The maximum Gasteiger partial charge on any atom is 0.322 e. The average molecular weight is 329 g/mol. The summed E-state index contributed by atoms with van der Waals surface area (Å²) in [5.41, 5.74) is 1.35. The van der Waals surface area contributed by atoms with Crippen LogP contribution in [0.4, 0.5) is 14.9 Å². The first-order chi connectivity index (χ1) is 11.6. The molecule has 2 heterocycles. The molecule has 0 bridgehead atoms. The van der Waals surface area contributed by atoms with Crippen molar-refractivity contribution in [2.45, 2.75) is 37.6 Å². The van der Waals surface area contributed by atoms with Crippen LogP contribution in [0.2, 0.25) is 0 Å². The Morgan fingerprint density at radius 2 is 2.17 bits per heavy atom. The van der Waals surface area contributed by atoms with Crippen molar-refractivity contribution in [2.24, 2.45) is 7.05 Å². The third-order valence-electron chi connectivity index (χ3n) is 4.82. The Balaban J connectivity index is 1.51. The van der Waals surface area contributed by atoms with Gasteiger partial charge in [0.25, 0.3) is 0 Å². The number of likely N-dealkylation sites (tertiary alicyclic amines) is 1. The van der Waals surface area contributed by atoms with Gasteiger partial charge in [0.1, 0.15) is 12.1 Å². The van der Waals surface area contributed by atoms with Crippen LogP contribution in [0.3, 0.4) is 0 Å². The number of aryl methyl sites for hydroxylation is 1. The second-order valence-electron chi connectivity index (χ2n) is 6.59. The molecule has 126 valence electrons. The summed E-state index contributed by atoms with van der Waals surface area (Å²) in [5.74, 6) is 0.911. The van der Waals surface area contributed by atoms with Crippen LogP contribution in [-0.4, -0.2) is 32.2 Å². The van der Waals surface area contributed by atoms with Crippen molar-refractivity contribution in [3.05, 3.63) is 41.7 Å². The summed E-state index contributed by atoms with van der Waals surface area (Å²) < 4.78 is 15.7. The van der Waals surface area contributed by atoms with E-state index in [2.05, 4.69) is 15.5 Å². The molecular formula is C17H20FN5O. The SMILES string of the molecule is Cn1cnnc1C1CCCN1C(=O)Nc1ccc(F)c(C2CC2)c1. The molecule has 0 radical (unpaired) electrons. The number of aromatic nitrogens is 3. The molecule has 1 aliphatic heterocycles. The van der Waals surface area contributed by atoms with E-state index < -0.39 is 0 Å². The van der Waals surface area contributed by atoms with E-state index in [1.54, 1.807) is 23.4 Å². The first-order valence-electron chi connectivity index (χ1n) is 8.34. The Morgan fingerprint density at radius 3 is 2.88 bits per heavy atom. The van der Waals surface area contributed by atoms with Gasteiger partial charge in [-0.25, -0.2) is 9.18 Å². The Hall–Kier alpha value is -2.44. The smallest absolute Gasteiger partial charge is 0.319 e. The highest BCUT2D eigenvalue weighted by Crippen LogP contribution is 2.42. The van der Waals surface area contributed by atoms with Gasteiger partial charge in [0.2, 0.25) is 0 Å². The predicted molar refractivity (Wildman–Crippen MR) is 87.1 cm³/mol. The summed E-state index contributed by atoms with van der Waals surface area (Å²) in [4.78, 5) is 14.5. The van der Waals surface area contributed by atoms with Gasteiger partial charge in [-0.15, -0.1) is 10.2 Å². The standard InChI is InChI=1S/C17H20FN5O/c1-22-10-19-21-16(22)15-3-2-8-23(15)17(24)20-12-6-7-14(18)13(9-12)11-4-5-11/h6-7,9-11,15H,2-5,8H2,1H3,(H,20,24). The minimum Gasteiger partial charge on any atom is -0.319 e. The molecule has 1 N–H and O–H groups in total. The van der Waals surface area contributed by atoms with Crippen molar-refractivity contribution in [2.75, 3.05) is 11.9 Å². The number of amides is 2. The largest absolute Gasteiger partial charge is 0.322 e. The molecular weight excluding hydrogens is 309 g/mol. The zero-order valence-corrected chi connectivity index (χ0v) is 13.6. The summed E-state index contributed by atoms with van der Waals surface area (Å²) in [5, 5.41) is 10.9. The summed E-state index contributed by atoms with van der Waals surface area (Å²) >= 11 is 0. The third-order valence-corrected chi connectivity index (χ3v) is 4.82. The van der Waals surface area contributed by atoms with E-state index in [4.69, 9.17) is 0 Å². The summed E-state index contributed by atoms with van der Waals surface area (Å²) in [6, 6.07) is 4.58. The summed E-state index contributed by atoms with van der Waals surface area (Å²) in [7, 11) is 1.88. The molecule has 1 aliphatic carbocycles. The minimum absolute atomic E-state index is 0.0687. The lowest BCUT2D eigenvalue weighted by atomic mass is 10.1. The van der Waals surface area contributed by atoms with Gasteiger partial charge in [0.05, 0.1) is 6.04 Å². The summed E-state index contributed by atoms with van der Waals surface area (Å²) in [6.07, 6.45) is 5.49. The molecule has 4 rings (SSSR count). The minimum atomic E-state index is -0.186. The molecule has 6 nitrogen and oxygen atoms in total. The van der Waals surface area contributed by atoms with E-state index in [-0.39, 0.29) is 17.9 Å². The van der Waals surface area contributed by atoms with Crippen molar-refractivity contribution < 1.29 is 9.18 Å². The number of hydrogen-bond donors (Lipinski definition) is 1. The van der Waals surface area contributed by atoms with Crippen molar-refractivity contribution in [3.63, 3.8) is 0 Å². The second kappa shape index (κ2) is 5.89. The second-order valence-corrected chi connectivity index (χ2v) is 6.59. The number of nitrogens with one attached hydrogen (secondary N) is 1. The molecule has 1 unspecified atom stereocenters. The quantitative estimate of drug-likeness (QED) is 0.940. The number of hydrogen-bond acceptors (Lipinski definition) is 3. The lowest BCUT2D eigenvalue weighted by molar-refractivity contribution is 0.204. The molecule has 24 heavy (non-hydrogen) atoms. The molecule has 1 aromatic carbocycles. The average Bonchev–Trinajstić information content (AvgIpc) is 3.13. The van der Waals surface area contributed by atoms with Crippen molar-refractivity contribution in [1.82, 2.24) is 19.7 Å². The number of halogens is 1. The number of nitrogens with zero attached hydrogens (tertiary/aromatic N) is 4. The highest BCUT2D eigenvalue weighted by atomic mass is 19.1. The van der Waals surface area contributed by atoms with E-state index in [0.717, 1.165) is 31.5 Å². The van der Waals surface area contributed by atoms with Crippen LogP contribution in [-0.2, 0) is 7.05 Å². The Labute approximate surface area is 139 Å². The monoisotopic (exact) mass is 329 g/mol. The first-order valence-corrected chi connectivity index (χ1v) is 8.34. The number of benzene rings is 1. The van der Waals surface area contributed by atoms with Gasteiger partial charge < -0.3 is 14.8 Å². The number of carbonyl (C=O) groups excluding carboxylic acids is 1. The van der Waals surface area contributed by atoms with Gasteiger partial charge in [-0.05, 0) is 55.4 Å². The molecule has 2 aromatic rings.